The first-order chi connectivity index (χ1) is 18.9. The monoisotopic (exact) mass is 545 g/mol. The Hall–Kier alpha value is -3.53. The molecule has 0 aliphatic carbocycles. The summed E-state index contributed by atoms with van der Waals surface area (Å²) in [6.45, 7) is 6.77. The lowest BCUT2D eigenvalue weighted by atomic mass is 10.1. The summed E-state index contributed by atoms with van der Waals surface area (Å²) in [5.41, 5.74) is 3.03. The van der Waals surface area contributed by atoms with Crippen LogP contribution in [0.2, 0.25) is 0 Å². The Kier molecular flexibility index (Phi) is 8.11. The Labute approximate surface area is 230 Å². The molecule has 1 atom stereocenters. The van der Waals surface area contributed by atoms with Gasteiger partial charge in [0.1, 0.15) is 17.4 Å². The molecule has 3 aromatic carbocycles. The van der Waals surface area contributed by atoms with E-state index in [9.17, 15) is 8.42 Å². The maximum atomic E-state index is 13.2. The van der Waals surface area contributed by atoms with Crippen LogP contribution in [0.15, 0.2) is 77.7 Å². The number of fused-ring (bicyclic) bond motifs is 1. The van der Waals surface area contributed by atoms with Crippen molar-refractivity contribution < 1.29 is 13.2 Å². The van der Waals surface area contributed by atoms with Gasteiger partial charge >= 0.3 is 0 Å². The van der Waals surface area contributed by atoms with Gasteiger partial charge in [0.05, 0.1) is 23.6 Å². The number of aryl methyl sites for hydroxylation is 1. The Balaban J connectivity index is 1.32. The molecule has 0 saturated carbocycles. The van der Waals surface area contributed by atoms with Crippen molar-refractivity contribution >= 4 is 26.7 Å². The summed E-state index contributed by atoms with van der Waals surface area (Å²) in [6, 6.07) is 23.0. The second-order valence-electron chi connectivity index (χ2n) is 9.73. The van der Waals surface area contributed by atoms with Crippen molar-refractivity contribution in [3.8, 4) is 5.75 Å². The Morgan fingerprint density at radius 1 is 0.923 bits per heavy atom. The summed E-state index contributed by atoms with van der Waals surface area (Å²) >= 11 is 0. The van der Waals surface area contributed by atoms with Gasteiger partial charge in [-0.05, 0) is 49.2 Å². The molecule has 0 bridgehead atoms. The second kappa shape index (κ2) is 11.7. The van der Waals surface area contributed by atoms with Crippen molar-refractivity contribution in [2.45, 2.75) is 37.8 Å². The fourth-order valence-electron chi connectivity index (χ4n) is 4.98. The molecule has 9 heteroatoms. The number of methoxy groups -OCH3 is 1. The quantitative estimate of drug-likeness (QED) is 0.321. The van der Waals surface area contributed by atoms with Crippen LogP contribution in [0.5, 0.6) is 5.75 Å². The van der Waals surface area contributed by atoms with Gasteiger partial charge in [0, 0.05) is 43.7 Å². The summed E-state index contributed by atoms with van der Waals surface area (Å²) in [5.74, 6) is 2.30. The summed E-state index contributed by atoms with van der Waals surface area (Å²) in [6.07, 6.45) is 0.880. The minimum atomic E-state index is -3.52. The minimum absolute atomic E-state index is 0.0740. The van der Waals surface area contributed by atoms with Crippen LogP contribution in [0, 0.1) is 0 Å². The fraction of sp³-hybridized carbons (Fsp3) is 0.333. The van der Waals surface area contributed by atoms with Crippen molar-refractivity contribution in [2.24, 2.45) is 0 Å². The highest BCUT2D eigenvalue weighted by atomic mass is 32.2. The second-order valence-corrected chi connectivity index (χ2v) is 11.7. The van der Waals surface area contributed by atoms with Gasteiger partial charge in [0.25, 0.3) is 0 Å². The van der Waals surface area contributed by atoms with Gasteiger partial charge < -0.3 is 10.1 Å². The third-order valence-electron chi connectivity index (χ3n) is 7.42. The lowest BCUT2D eigenvalue weighted by molar-refractivity contribution is 0.141. The summed E-state index contributed by atoms with van der Waals surface area (Å²) < 4.78 is 33.5. The van der Waals surface area contributed by atoms with Crippen LogP contribution in [0.3, 0.4) is 0 Å². The molecule has 39 heavy (non-hydrogen) atoms. The lowest BCUT2D eigenvalue weighted by Crippen LogP contribution is -2.49. The SMILES string of the molecule is CCc1ccc(S(=O)(=O)N2CCN([C@H](C)c3nc(NCc4ccccc4OC)c4ccccc4n3)CC2)cc1. The maximum Gasteiger partial charge on any atom is 0.243 e. The van der Waals surface area contributed by atoms with E-state index >= 15 is 0 Å². The molecule has 5 rings (SSSR count). The Morgan fingerprint density at radius 2 is 1.62 bits per heavy atom. The number of para-hydroxylation sites is 2. The number of nitrogens with zero attached hydrogens (tertiary/aromatic N) is 4. The molecule has 0 unspecified atom stereocenters. The van der Waals surface area contributed by atoms with E-state index in [1.54, 1.807) is 23.5 Å². The highest BCUT2D eigenvalue weighted by Crippen LogP contribution is 2.28. The molecule has 1 fully saturated rings. The van der Waals surface area contributed by atoms with E-state index in [1.807, 2.05) is 60.7 Å². The fourth-order valence-corrected chi connectivity index (χ4v) is 6.41. The van der Waals surface area contributed by atoms with E-state index < -0.39 is 10.0 Å². The minimum Gasteiger partial charge on any atom is -0.496 e. The zero-order valence-corrected chi connectivity index (χ0v) is 23.5. The number of aromatic nitrogens is 2. The molecule has 2 heterocycles. The van der Waals surface area contributed by atoms with Crippen LogP contribution in [0.4, 0.5) is 5.82 Å². The summed E-state index contributed by atoms with van der Waals surface area (Å²) in [4.78, 5) is 12.4. The maximum absolute atomic E-state index is 13.2. The largest absolute Gasteiger partial charge is 0.496 e. The van der Waals surface area contributed by atoms with Gasteiger partial charge in [-0.2, -0.15) is 4.31 Å². The van der Waals surface area contributed by atoms with E-state index in [4.69, 9.17) is 14.7 Å². The van der Waals surface area contributed by atoms with Gasteiger partial charge in [-0.25, -0.2) is 18.4 Å². The number of ether oxygens (including phenoxy) is 1. The van der Waals surface area contributed by atoms with Crippen molar-refractivity contribution in [3.05, 3.63) is 89.7 Å². The van der Waals surface area contributed by atoms with Crippen LogP contribution in [0.1, 0.15) is 36.8 Å². The molecule has 1 aromatic heterocycles. The van der Waals surface area contributed by atoms with E-state index in [0.29, 0.717) is 43.4 Å². The van der Waals surface area contributed by atoms with Crippen LogP contribution in [-0.2, 0) is 23.0 Å². The van der Waals surface area contributed by atoms with Crippen molar-refractivity contribution in [1.82, 2.24) is 19.2 Å². The standard InChI is InChI=1S/C30H35N5O3S/c1-4-23-13-15-25(16-14-23)39(36,37)35-19-17-34(18-20-35)22(2)29-32-27-11-7-6-10-26(27)30(33-29)31-21-24-9-5-8-12-28(24)38-3/h5-16,22H,4,17-21H2,1-3H3,(H,31,32,33)/t22-/m1/s1. The average Bonchev–Trinajstić information content (AvgIpc) is 2.99. The number of hydrogen-bond acceptors (Lipinski definition) is 7. The molecule has 4 aromatic rings. The molecular weight excluding hydrogens is 510 g/mol. The first-order valence-corrected chi connectivity index (χ1v) is 14.8. The smallest absolute Gasteiger partial charge is 0.243 e. The number of piperazine rings is 1. The average molecular weight is 546 g/mol. The van der Waals surface area contributed by atoms with Crippen molar-refractivity contribution in [3.63, 3.8) is 0 Å². The molecule has 204 valence electrons. The molecule has 0 radical (unpaired) electrons. The van der Waals surface area contributed by atoms with E-state index in [0.717, 1.165) is 40.0 Å². The molecular formula is C30H35N5O3S. The normalized spacial score (nSPS) is 15.8. The van der Waals surface area contributed by atoms with E-state index in [1.165, 1.54) is 0 Å². The van der Waals surface area contributed by atoms with Gasteiger partial charge in [0.2, 0.25) is 10.0 Å². The molecule has 0 spiro atoms. The third kappa shape index (κ3) is 5.75. The number of anilines is 1. The number of sulfonamides is 1. The van der Waals surface area contributed by atoms with Crippen LogP contribution < -0.4 is 10.1 Å². The van der Waals surface area contributed by atoms with Crippen LogP contribution >= 0.6 is 0 Å². The van der Waals surface area contributed by atoms with Crippen LogP contribution in [-0.4, -0.2) is 60.9 Å². The highest BCUT2D eigenvalue weighted by Gasteiger charge is 2.31. The van der Waals surface area contributed by atoms with Gasteiger partial charge in [0.15, 0.2) is 0 Å². The zero-order valence-electron chi connectivity index (χ0n) is 22.7. The predicted molar refractivity (Wildman–Crippen MR) is 154 cm³/mol. The van der Waals surface area contributed by atoms with E-state index in [-0.39, 0.29) is 6.04 Å². The number of nitrogens with one attached hydrogen (secondary N) is 1. The Morgan fingerprint density at radius 3 is 2.33 bits per heavy atom. The molecule has 1 aliphatic heterocycles. The molecule has 8 nitrogen and oxygen atoms in total. The Bertz CT molecular complexity index is 1530. The first kappa shape index (κ1) is 27.1. The number of hydrogen-bond donors (Lipinski definition) is 1. The van der Waals surface area contributed by atoms with Gasteiger partial charge in [-0.15, -0.1) is 0 Å². The van der Waals surface area contributed by atoms with Crippen molar-refractivity contribution in [1.29, 1.82) is 0 Å². The van der Waals surface area contributed by atoms with Gasteiger partial charge in [-0.3, -0.25) is 4.90 Å². The molecule has 0 amide bonds. The molecule has 1 aliphatic rings. The van der Waals surface area contributed by atoms with Crippen molar-refractivity contribution in [2.75, 3.05) is 38.6 Å². The lowest BCUT2D eigenvalue weighted by Gasteiger charge is -2.37. The first-order valence-electron chi connectivity index (χ1n) is 13.4. The topological polar surface area (TPSA) is 87.7 Å². The van der Waals surface area contributed by atoms with Crippen LogP contribution in [0.25, 0.3) is 10.9 Å². The highest BCUT2D eigenvalue weighted by molar-refractivity contribution is 7.89. The summed E-state index contributed by atoms with van der Waals surface area (Å²) in [7, 11) is -1.85. The predicted octanol–water partition coefficient (Wildman–Crippen LogP) is 4.88. The molecule has 1 saturated heterocycles. The number of benzene rings is 3. The van der Waals surface area contributed by atoms with Gasteiger partial charge in [-0.1, -0.05) is 49.4 Å². The van der Waals surface area contributed by atoms with E-state index in [2.05, 4.69) is 24.1 Å². The molecule has 1 N–H and O–H groups in total. The third-order valence-corrected chi connectivity index (χ3v) is 9.34. The number of rotatable bonds is 9. The zero-order chi connectivity index (χ0) is 27.4. The summed E-state index contributed by atoms with van der Waals surface area (Å²) in [5, 5.41) is 4.45.